The summed E-state index contributed by atoms with van der Waals surface area (Å²) in [5, 5.41) is 8.44. The molecule has 0 saturated heterocycles. The first-order valence-corrected chi connectivity index (χ1v) is 6.24. The van der Waals surface area contributed by atoms with Gasteiger partial charge < -0.3 is 4.90 Å². The van der Waals surface area contributed by atoms with Crippen molar-refractivity contribution in [3.63, 3.8) is 0 Å². The van der Waals surface area contributed by atoms with E-state index in [4.69, 9.17) is 16.9 Å². The SMILES string of the molecule is CN(C(=O)c1cc(F)c(Cl)cc1F)c1cccc(C#N)c1. The van der Waals surface area contributed by atoms with Crippen LogP contribution in [0.2, 0.25) is 5.02 Å². The summed E-state index contributed by atoms with van der Waals surface area (Å²) in [5.41, 5.74) is 0.325. The Kier molecular flexibility index (Phi) is 4.20. The average molecular weight is 307 g/mol. The number of nitriles is 1. The van der Waals surface area contributed by atoms with Crippen LogP contribution in [0.1, 0.15) is 15.9 Å². The molecule has 0 bridgehead atoms. The summed E-state index contributed by atoms with van der Waals surface area (Å²) in [5.74, 6) is -2.52. The Morgan fingerprint density at radius 1 is 1.24 bits per heavy atom. The van der Waals surface area contributed by atoms with E-state index in [1.165, 1.54) is 13.1 Å². The Hall–Kier alpha value is -2.45. The second-order valence-corrected chi connectivity index (χ2v) is 4.68. The van der Waals surface area contributed by atoms with Gasteiger partial charge in [0.05, 0.1) is 22.2 Å². The van der Waals surface area contributed by atoms with Crippen LogP contribution >= 0.6 is 11.6 Å². The van der Waals surface area contributed by atoms with Crippen molar-refractivity contribution in [2.24, 2.45) is 0 Å². The standard InChI is InChI=1S/C15H9ClF2N2O/c1-20(10-4-2-3-9(5-10)8-19)15(21)11-6-14(18)12(16)7-13(11)17/h2-7H,1H3. The molecule has 0 fully saturated rings. The van der Waals surface area contributed by atoms with Gasteiger partial charge >= 0.3 is 0 Å². The quantitative estimate of drug-likeness (QED) is 0.793. The highest BCUT2D eigenvalue weighted by molar-refractivity contribution is 6.30. The van der Waals surface area contributed by atoms with Crippen molar-refractivity contribution in [2.45, 2.75) is 0 Å². The molecule has 0 radical (unpaired) electrons. The molecular formula is C15H9ClF2N2O. The average Bonchev–Trinajstić information content (AvgIpc) is 2.49. The van der Waals surface area contributed by atoms with Crippen LogP contribution in [0, 0.1) is 23.0 Å². The molecule has 2 aromatic rings. The van der Waals surface area contributed by atoms with E-state index in [1.54, 1.807) is 18.2 Å². The lowest BCUT2D eigenvalue weighted by molar-refractivity contribution is 0.0988. The van der Waals surface area contributed by atoms with E-state index >= 15 is 0 Å². The maximum Gasteiger partial charge on any atom is 0.261 e. The Bertz CT molecular complexity index is 756. The smallest absolute Gasteiger partial charge is 0.261 e. The highest BCUT2D eigenvalue weighted by Gasteiger charge is 2.20. The lowest BCUT2D eigenvalue weighted by Gasteiger charge is -2.18. The molecule has 0 aromatic heterocycles. The highest BCUT2D eigenvalue weighted by atomic mass is 35.5. The fourth-order valence-corrected chi connectivity index (χ4v) is 1.92. The fraction of sp³-hybridized carbons (Fsp3) is 0.0667. The normalized spacial score (nSPS) is 10.0. The van der Waals surface area contributed by atoms with Crippen molar-refractivity contribution in [1.29, 1.82) is 5.26 Å². The van der Waals surface area contributed by atoms with Gasteiger partial charge in [0.1, 0.15) is 11.6 Å². The van der Waals surface area contributed by atoms with Gasteiger partial charge in [-0.25, -0.2) is 8.78 Å². The molecular weight excluding hydrogens is 298 g/mol. The maximum absolute atomic E-state index is 13.8. The molecule has 21 heavy (non-hydrogen) atoms. The predicted molar refractivity (Wildman–Crippen MR) is 75.3 cm³/mol. The number of rotatable bonds is 2. The van der Waals surface area contributed by atoms with Crippen LogP contribution in [0.4, 0.5) is 14.5 Å². The number of anilines is 1. The summed E-state index contributed by atoms with van der Waals surface area (Å²) in [6.07, 6.45) is 0. The van der Waals surface area contributed by atoms with E-state index in [9.17, 15) is 13.6 Å². The minimum Gasteiger partial charge on any atom is -0.311 e. The molecule has 0 saturated carbocycles. The van der Waals surface area contributed by atoms with Crippen LogP contribution in [0.25, 0.3) is 0 Å². The summed E-state index contributed by atoms with van der Waals surface area (Å²) in [7, 11) is 1.41. The zero-order valence-corrected chi connectivity index (χ0v) is 11.7. The molecule has 2 aromatic carbocycles. The molecule has 2 rings (SSSR count). The number of carbonyl (C=O) groups excluding carboxylic acids is 1. The Morgan fingerprint density at radius 3 is 2.62 bits per heavy atom. The van der Waals surface area contributed by atoms with Crippen LogP contribution < -0.4 is 4.90 Å². The first-order valence-electron chi connectivity index (χ1n) is 5.87. The molecule has 0 spiro atoms. The van der Waals surface area contributed by atoms with E-state index in [-0.39, 0.29) is 0 Å². The Morgan fingerprint density at radius 2 is 1.95 bits per heavy atom. The Balaban J connectivity index is 2.40. The molecule has 0 N–H and O–H groups in total. The summed E-state index contributed by atoms with van der Waals surface area (Å²) < 4.78 is 27.1. The van der Waals surface area contributed by atoms with E-state index in [2.05, 4.69) is 0 Å². The second-order valence-electron chi connectivity index (χ2n) is 4.27. The lowest BCUT2D eigenvalue weighted by Crippen LogP contribution is -2.27. The number of amides is 1. The summed E-state index contributed by atoms with van der Waals surface area (Å²) in [4.78, 5) is 13.4. The maximum atomic E-state index is 13.8. The van der Waals surface area contributed by atoms with Crippen molar-refractivity contribution in [3.8, 4) is 6.07 Å². The van der Waals surface area contributed by atoms with Crippen LogP contribution in [0.3, 0.4) is 0 Å². The minimum absolute atomic E-state index is 0.356. The summed E-state index contributed by atoms with van der Waals surface area (Å²) in [6, 6.07) is 9.68. The number of hydrogen-bond donors (Lipinski definition) is 0. The first kappa shape index (κ1) is 14.9. The molecule has 0 aliphatic rings. The summed E-state index contributed by atoms with van der Waals surface area (Å²) >= 11 is 5.45. The number of benzene rings is 2. The third-order valence-electron chi connectivity index (χ3n) is 2.91. The van der Waals surface area contributed by atoms with Gasteiger partial charge in [0.25, 0.3) is 5.91 Å². The van der Waals surface area contributed by atoms with Crippen molar-refractivity contribution >= 4 is 23.2 Å². The van der Waals surface area contributed by atoms with E-state index < -0.39 is 28.1 Å². The van der Waals surface area contributed by atoms with Crippen LogP contribution in [0.5, 0.6) is 0 Å². The van der Waals surface area contributed by atoms with Gasteiger partial charge in [0.15, 0.2) is 0 Å². The molecule has 0 aliphatic heterocycles. The van der Waals surface area contributed by atoms with Crippen molar-refractivity contribution < 1.29 is 13.6 Å². The topological polar surface area (TPSA) is 44.1 Å². The van der Waals surface area contributed by atoms with Crippen molar-refractivity contribution in [2.75, 3.05) is 11.9 Å². The monoisotopic (exact) mass is 306 g/mol. The number of hydrogen-bond acceptors (Lipinski definition) is 2. The number of carbonyl (C=O) groups is 1. The lowest BCUT2D eigenvalue weighted by atomic mass is 10.1. The van der Waals surface area contributed by atoms with Crippen LogP contribution in [0.15, 0.2) is 36.4 Å². The van der Waals surface area contributed by atoms with Crippen LogP contribution in [-0.4, -0.2) is 13.0 Å². The Labute approximate surface area is 125 Å². The van der Waals surface area contributed by atoms with Crippen LogP contribution in [-0.2, 0) is 0 Å². The van der Waals surface area contributed by atoms with Gasteiger partial charge in [-0.2, -0.15) is 5.26 Å². The van der Waals surface area contributed by atoms with E-state index in [0.29, 0.717) is 11.3 Å². The zero-order chi connectivity index (χ0) is 15.6. The molecule has 0 unspecified atom stereocenters. The van der Waals surface area contributed by atoms with Gasteiger partial charge in [-0.15, -0.1) is 0 Å². The summed E-state index contributed by atoms with van der Waals surface area (Å²) in [6.45, 7) is 0. The van der Waals surface area contributed by atoms with Gasteiger partial charge in [0, 0.05) is 12.7 Å². The van der Waals surface area contributed by atoms with Gasteiger partial charge in [-0.3, -0.25) is 4.79 Å². The highest BCUT2D eigenvalue weighted by Crippen LogP contribution is 2.22. The van der Waals surface area contributed by atoms with Crippen molar-refractivity contribution in [1.82, 2.24) is 0 Å². The first-order chi connectivity index (χ1) is 9.93. The molecule has 0 heterocycles. The second kappa shape index (κ2) is 5.90. The number of nitrogens with zero attached hydrogens (tertiary/aromatic N) is 2. The third kappa shape index (κ3) is 3.01. The number of halogens is 3. The third-order valence-corrected chi connectivity index (χ3v) is 3.20. The fourth-order valence-electron chi connectivity index (χ4n) is 1.77. The molecule has 0 aliphatic carbocycles. The van der Waals surface area contributed by atoms with E-state index in [1.807, 2.05) is 6.07 Å². The molecule has 106 valence electrons. The predicted octanol–water partition coefficient (Wildman–Crippen LogP) is 3.77. The largest absolute Gasteiger partial charge is 0.311 e. The van der Waals surface area contributed by atoms with Gasteiger partial charge in [-0.1, -0.05) is 17.7 Å². The van der Waals surface area contributed by atoms with Crippen molar-refractivity contribution in [3.05, 3.63) is 64.2 Å². The van der Waals surface area contributed by atoms with Gasteiger partial charge in [-0.05, 0) is 30.3 Å². The zero-order valence-electron chi connectivity index (χ0n) is 10.9. The van der Waals surface area contributed by atoms with Gasteiger partial charge in [0.2, 0.25) is 0 Å². The van der Waals surface area contributed by atoms with E-state index in [0.717, 1.165) is 17.0 Å². The molecule has 6 heteroatoms. The minimum atomic E-state index is -0.908. The molecule has 0 atom stereocenters. The molecule has 3 nitrogen and oxygen atoms in total. The molecule has 1 amide bonds.